The molecule has 0 aromatic heterocycles. The monoisotopic (exact) mass is 479 g/mol. The molecule has 6 heteroatoms. The first-order valence-electron chi connectivity index (χ1n) is 13.8. The molecule has 0 rings (SSSR count). The Hall–Kier alpha value is -0.170. The number of hydrogen-bond acceptors (Lipinski definition) is 4. The van der Waals surface area contributed by atoms with Gasteiger partial charge in [0.25, 0.3) is 0 Å². The molecule has 0 aliphatic heterocycles. The van der Waals surface area contributed by atoms with Crippen LogP contribution in [-0.4, -0.2) is 26.1 Å². The summed E-state index contributed by atoms with van der Waals surface area (Å²) in [6.45, 7) is 5.44. The van der Waals surface area contributed by atoms with Gasteiger partial charge in [-0.05, 0) is 19.4 Å². The summed E-state index contributed by atoms with van der Waals surface area (Å²) in [5.41, 5.74) is 5.47. The zero-order chi connectivity index (χ0) is 24.2. The quantitative estimate of drug-likeness (QED) is 0.107. The van der Waals surface area contributed by atoms with Gasteiger partial charge in [-0.25, -0.2) is 4.18 Å². The summed E-state index contributed by atoms with van der Waals surface area (Å²) < 4.78 is 32.8. The first kappa shape index (κ1) is 34.0. The molecule has 5 nitrogen and oxygen atoms in total. The van der Waals surface area contributed by atoms with Crippen molar-refractivity contribution in [2.75, 3.05) is 13.2 Å². The van der Waals surface area contributed by atoms with Crippen LogP contribution >= 0.6 is 0 Å². The van der Waals surface area contributed by atoms with Gasteiger partial charge in [-0.3, -0.25) is 4.55 Å². The Balaban J connectivity index is 0. The summed E-state index contributed by atoms with van der Waals surface area (Å²) in [5, 5.41) is 0. The van der Waals surface area contributed by atoms with Crippen LogP contribution in [-0.2, 0) is 14.6 Å². The molecule has 0 bridgehead atoms. The molecule has 0 aromatic carbocycles. The van der Waals surface area contributed by atoms with Crippen LogP contribution in [0.1, 0.15) is 155 Å². The number of hydrogen-bond donors (Lipinski definition) is 2. The van der Waals surface area contributed by atoms with E-state index in [1.165, 1.54) is 122 Å². The smallest absolute Gasteiger partial charge is 0.330 e. The van der Waals surface area contributed by atoms with Gasteiger partial charge in [-0.2, -0.15) is 8.42 Å². The summed E-state index contributed by atoms with van der Waals surface area (Å²) in [6.07, 6.45) is 28.9. The minimum atomic E-state index is -4.23. The minimum absolute atomic E-state index is 0.0911. The summed E-state index contributed by atoms with van der Waals surface area (Å²) >= 11 is 0. The zero-order valence-electron chi connectivity index (χ0n) is 21.6. The molecular weight excluding hydrogens is 422 g/mol. The van der Waals surface area contributed by atoms with Crippen LogP contribution in [0.15, 0.2) is 0 Å². The molecule has 3 N–H and O–H groups in total. The zero-order valence-corrected chi connectivity index (χ0v) is 22.4. The lowest BCUT2D eigenvalue weighted by molar-refractivity contribution is 0.261. The van der Waals surface area contributed by atoms with Gasteiger partial charge in [-0.1, -0.05) is 142 Å². The van der Waals surface area contributed by atoms with E-state index >= 15 is 0 Å². The Morgan fingerprint density at radius 1 is 0.531 bits per heavy atom. The number of rotatable bonds is 24. The lowest BCUT2D eigenvalue weighted by Gasteiger charge is -2.02. The maximum absolute atomic E-state index is 10.2. The van der Waals surface area contributed by atoms with Gasteiger partial charge in [0.05, 0.1) is 6.61 Å². The Bertz CT molecular complexity index is 416. The van der Waals surface area contributed by atoms with Gasteiger partial charge in [-0.15, -0.1) is 0 Å². The molecule has 0 unspecified atom stereocenters. The Morgan fingerprint density at radius 2 is 0.812 bits per heavy atom. The van der Waals surface area contributed by atoms with Crippen LogP contribution in [0.25, 0.3) is 0 Å². The molecule has 0 spiro atoms. The molecule has 0 aliphatic carbocycles. The average Bonchev–Trinajstić information content (AvgIpc) is 2.75. The standard InChI is InChI=1S/C16H35N.C10H22O4S/c1-2-3-4-5-6-7-8-9-10-11-12-13-14-15-16-17;1-2-3-4-5-6-7-8-9-10-14-15(11,12)13/h2-17H2,1H3;2-10H2,1H3,(H,11,12,13). The predicted molar refractivity (Wildman–Crippen MR) is 139 cm³/mol. The molecule has 0 amide bonds. The van der Waals surface area contributed by atoms with E-state index in [4.69, 9.17) is 10.3 Å². The summed E-state index contributed by atoms with van der Waals surface area (Å²) in [6, 6.07) is 0. The van der Waals surface area contributed by atoms with E-state index in [0.29, 0.717) is 6.42 Å². The van der Waals surface area contributed by atoms with Crippen molar-refractivity contribution in [3.63, 3.8) is 0 Å². The predicted octanol–water partition coefficient (Wildman–Crippen LogP) is 8.37. The van der Waals surface area contributed by atoms with Crippen molar-refractivity contribution in [2.24, 2.45) is 5.73 Å². The minimum Gasteiger partial charge on any atom is -0.330 e. The molecule has 32 heavy (non-hydrogen) atoms. The fraction of sp³-hybridized carbons (Fsp3) is 1.00. The van der Waals surface area contributed by atoms with Crippen molar-refractivity contribution in [3.8, 4) is 0 Å². The molecule has 0 saturated heterocycles. The molecule has 0 saturated carbocycles. The van der Waals surface area contributed by atoms with E-state index in [1.54, 1.807) is 0 Å². The van der Waals surface area contributed by atoms with E-state index in [1.807, 2.05) is 0 Å². The Labute approximate surface area is 201 Å². The SMILES string of the molecule is CCCCCCCCCCCCCCCCN.CCCCCCCCCCOS(=O)(=O)O. The first-order valence-corrected chi connectivity index (χ1v) is 15.2. The van der Waals surface area contributed by atoms with Gasteiger partial charge in [0.15, 0.2) is 0 Å². The molecule has 0 heterocycles. The highest BCUT2D eigenvalue weighted by atomic mass is 32.3. The largest absolute Gasteiger partial charge is 0.397 e. The highest BCUT2D eigenvalue weighted by Gasteiger charge is 2.02. The highest BCUT2D eigenvalue weighted by Crippen LogP contribution is 2.12. The van der Waals surface area contributed by atoms with E-state index < -0.39 is 10.4 Å². The van der Waals surface area contributed by atoms with Gasteiger partial charge < -0.3 is 5.73 Å². The van der Waals surface area contributed by atoms with Gasteiger partial charge in [0.2, 0.25) is 0 Å². The second-order valence-corrected chi connectivity index (χ2v) is 10.2. The van der Waals surface area contributed by atoms with Gasteiger partial charge in [0, 0.05) is 0 Å². The third kappa shape index (κ3) is 37.2. The first-order chi connectivity index (χ1) is 15.5. The van der Waals surface area contributed by atoms with Crippen molar-refractivity contribution in [1.82, 2.24) is 0 Å². The number of unbranched alkanes of at least 4 members (excludes halogenated alkanes) is 20. The Kier molecular flexibility index (Phi) is 30.7. The fourth-order valence-corrected chi connectivity index (χ4v) is 4.07. The fourth-order valence-electron chi connectivity index (χ4n) is 3.74. The van der Waals surface area contributed by atoms with Gasteiger partial charge in [0.1, 0.15) is 0 Å². The van der Waals surface area contributed by atoms with Crippen LogP contribution in [0.5, 0.6) is 0 Å². The maximum Gasteiger partial charge on any atom is 0.397 e. The summed E-state index contributed by atoms with van der Waals surface area (Å²) in [5.74, 6) is 0. The molecule has 0 radical (unpaired) electrons. The van der Waals surface area contributed by atoms with E-state index in [-0.39, 0.29) is 6.61 Å². The van der Waals surface area contributed by atoms with Crippen LogP contribution in [0.3, 0.4) is 0 Å². The summed E-state index contributed by atoms with van der Waals surface area (Å²) in [7, 11) is -4.23. The third-order valence-corrected chi connectivity index (χ3v) is 6.25. The molecule has 0 fully saturated rings. The lowest BCUT2D eigenvalue weighted by atomic mass is 10.0. The summed E-state index contributed by atoms with van der Waals surface area (Å²) in [4.78, 5) is 0. The van der Waals surface area contributed by atoms with Crippen molar-refractivity contribution < 1.29 is 17.2 Å². The normalized spacial score (nSPS) is 11.4. The number of nitrogens with two attached hydrogens (primary N) is 1. The third-order valence-electron chi connectivity index (χ3n) is 5.79. The average molecular weight is 480 g/mol. The second-order valence-electron chi connectivity index (χ2n) is 9.11. The van der Waals surface area contributed by atoms with Crippen molar-refractivity contribution in [2.45, 2.75) is 155 Å². The molecule has 0 aliphatic rings. The van der Waals surface area contributed by atoms with Crippen LogP contribution < -0.4 is 5.73 Å². The lowest BCUT2D eigenvalue weighted by Crippen LogP contribution is -2.04. The van der Waals surface area contributed by atoms with Crippen molar-refractivity contribution in [3.05, 3.63) is 0 Å². The van der Waals surface area contributed by atoms with Crippen LogP contribution in [0.4, 0.5) is 0 Å². The van der Waals surface area contributed by atoms with Crippen LogP contribution in [0, 0.1) is 0 Å². The molecule has 0 aromatic rings. The maximum atomic E-state index is 10.2. The molecule has 196 valence electrons. The van der Waals surface area contributed by atoms with E-state index in [0.717, 1.165) is 19.4 Å². The Morgan fingerprint density at radius 3 is 1.09 bits per heavy atom. The molecule has 0 atom stereocenters. The molecular formula is C26H57NO4S. The van der Waals surface area contributed by atoms with Crippen molar-refractivity contribution in [1.29, 1.82) is 0 Å². The highest BCUT2D eigenvalue weighted by molar-refractivity contribution is 7.80. The van der Waals surface area contributed by atoms with Crippen molar-refractivity contribution >= 4 is 10.4 Å². The van der Waals surface area contributed by atoms with Crippen LogP contribution in [0.2, 0.25) is 0 Å². The van der Waals surface area contributed by atoms with E-state index in [9.17, 15) is 8.42 Å². The van der Waals surface area contributed by atoms with E-state index in [2.05, 4.69) is 18.0 Å². The van der Waals surface area contributed by atoms with Gasteiger partial charge >= 0.3 is 10.4 Å². The second kappa shape index (κ2) is 28.9. The topological polar surface area (TPSA) is 89.6 Å².